The summed E-state index contributed by atoms with van der Waals surface area (Å²) in [6, 6.07) is 16.9. The average Bonchev–Trinajstić information content (AvgIpc) is 2.50. The summed E-state index contributed by atoms with van der Waals surface area (Å²) in [6.07, 6.45) is 0.747. The van der Waals surface area contributed by atoms with Crippen LogP contribution in [0.25, 0.3) is 0 Å². The molecule has 0 fully saturated rings. The van der Waals surface area contributed by atoms with E-state index in [9.17, 15) is 4.79 Å². The molecule has 0 radical (unpaired) electrons. The Kier molecular flexibility index (Phi) is 5.07. The van der Waals surface area contributed by atoms with Crippen molar-refractivity contribution in [3.8, 4) is 0 Å². The van der Waals surface area contributed by atoms with Gasteiger partial charge in [-0.25, -0.2) is 5.43 Å². The number of rotatable bonds is 4. The molecule has 0 bridgehead atoms. The quantitative estimate of drug-likeness (QED) is 0.668. The summed E-state index contributed by atoms with van der Waals surface area (Å²) in [5.41, 5.74) is 5.05. The second-order valence-corrected chi connectivity index (χ2v) is 5.14. The lowest BCUT2D eigenvalue weighted by molar-refractivity contribution is 0.0955. The molecule has 0 aromatic heterocycles. The molecule has 2 rings (SSSR count). The van der Waals surface area contributed by atoms with Crippen LogP contribution in [0.3, 0.4) is 0 Å². The molecule has 0 atom stereocenters. The van der Waals surface area contributed by atoms with Gasteiger partial charge in [0, 0.05) is 10.0 Å². The number of amides is 1. The molecular weight excluding hydrogens is 316 g/mol. The molecule has 2 aromatic carbocycles. The highest BCUT2D eigenvalue weighted by atomic mass is 79.9. The van der Waals surface area contributed by atoms with Crippen LogP contribution in [0, 0.1) is 0 Å². The summed E-state index contributed by atoms with van der Waals surface area (Å²) in [5.74, 6) is -0.200. The zero-order chi connectivity index (χ0) is 14.4. The summed E-state index contributed by atoms with van der Waals surface area (Å²) >= 11 is 3.40. The van der Waals surface area contributed by atoms with E-state index in [-0.39, 0.29) is 5.91 Å². The third-order valence-electron chi connectivity index (χ3n) is 2.84. The fourth-order valence-electron chi connectivity index (χ4n) is 1.76. The molecule has 20 heavy (non-hydrogen) atoms. The fourth-order valence-corrected chi connectivity index (χ4v) is 2.03. The van der Waals surface area contributed by atoms with Crippen LogP contribution >= 0.6 is 15.9 Å². The molecule has 1 amide bonds. The van der Waals surface area contributed by atoms with Crippen LogP contribution in [0.1, 0.15) is 29.3 Å². The monoisotopic (exact) mass is 330 g/mol. The summed E-state index contributed by atoms with van der Waals surface area (Å²) in [4.78, 5) is 11.9. The van der Waals surface area contributed by atoms with Crippen LogP contribution in [0.5, 0.6) is 0 Å². The van der Waals surface area contributed by atoms with Gasteiger partial charge in [-0.05, 0) is 36.2 Å². The molecule has 1 N–H and O–H groups in total. The van der Waals surface area contributed by atoms with Crippen molar-refractivity contribution >= 4 is 27.5 Å². The van der Waals surface area contributed by atoms with Gasteiger partial charge in [0.1, 0.15) is 0 Å². The van der Waals surface area contributed by atoms with Crippen LogP contribution in [-0.4, -0.2) is 11.6 Å². The van der Waals surface area contributed by atoms with Gasteiger partial charge in [-0.2, -0.15) is 5.10 Å². The van der Waals surface area contributed by atoms with Crippen LogP contribution in [-0.2, 0) is 0 Å². The van der Waals surface area contributed by atoms with Crippen molar-refractivity contribution in [3.05, 3.63) is 70.2 Å². The average molecular weight is 331 g/mol. The van der Waals surface area contributed by atoms with E-state index in [0.29, 0.717) is 5.56 Å². The van der Waals surface area contributed by atoms with Crippen LogP contribution < -0.4 is 5.43 Å². The molecule has 0 spiro atoms. The molecule has 2 aromatic rings. The van der Waals surface area contributed by atoms with E-state index in [1.54, 1.807) is 12.1 Å². The summed E-state index contributed by atoms with van der Waals surface area (Å²) in [6.45, 7) is 2.01. The number of hydrogen-bond donors (Lipinski definition) is 1. The predicted molar refractivity (Wildman–Crippen MR) is 84.9 cm³/mol. The summed E-state index contributed by atoms with van der Waals surface area (Å²) in [7, 11) is 0. The highest BCUT2D eigenvalue weighted by Gasteiger charge is 2.05. The fraction of sp³-hybridized carbons (Fsp3) is 0.125. The number of nitrogens with zero attached hydrogens (tertiary/aromatic N) is 1. The van der Waals surface area contributed by atoms with Crippen LogP contribution in [0.15, 0.2) is 64.2 Å². The van der Waals surface area contributed by atoms with Crippen LogP contribution in [0.4, 0.5) is 0 Å². The zero-order valence-electron chi connectivity index (χ0n) is 11.1. The van der Waals surface area contributed by atoms with E-state index in [1.807, 2.05) is 49.4 Å². The Labute approximate surface area is 126 Å². The normalized spacial score (nSPS) is 11.2. The van der Waals surface area contributed by atoms with E-state index >= 15 is 0 Å². The molecular formula is C16H15BrN2O. The van der Waals surface area contributed by atoms with Gasteiger partial charge >= 0.3 is 0 Å². The van der Waals surface area contributed by atoms with Gasteiger partial charge in [0.25, 0.3) is 5.91 Å². The lowest BCUT2D eigenvalue weighted by atomic mass is 10.1. The van der Waals surface area contributed by atoms with Crippen LogP contribution in [0.2, 0.25) is 0 Å². The first kappa shape index (κ1) is 14.5. The SMILES string of the molecule is CC/C(=N\NC(=O)c1ccccc1)c1ccc(Br)cc1. The summed E-state index contributed by atoms with van der Waals surface area (Å²) < 4.78 is 1.02. The van der Waals surface area contributed by atoms with E-state index < -0.39 is 0 Å². The highest BCUT2D eigenvalue weighted by Crippen LogP contribution is 2.12. The minimum absolute atomic E-state index is 0.200. The number of hydrazone groups is 1. The van der Waals surface area contributed by atoms with Gasteiger partial charge < -0.3 is 0 Å². The third kappa shape index (κ3) is 3.78. The van der Waals surface area contributed by atoms with Crippen molar-refractivity contribution in [2.75, 3.05) is 0 Å². The van der Waals surface area contributed by atoms with Crippen molar-refractivity contribution in [3.63, 3.8) is 0 Å². The van der Waals surface area contributed by atoms with Gasteiger partial charge in [-0.1, -0.05) is 53.2 Å². The molecule has 0 aliphatic rings. The van der Waals surface area contributed by atoms with Gasteiger partial charge in [-0.3, -0.25) is 4.79 Å². The van der Waals surface area contributed by atoms with Crippen molar-refractivity contribution in [1.82, 2.24) is 5.43 Å². The zero-order valence-corrected chi connectivity index (χ0v) is 12.7. The minimum atomic E-state index is -0.200. The molecule has 0 saturated heterocycles. The van der Waals surface area contributed by atoms with Gasteiger partial charge in [0.2, 0.25) is 0 Å². The van der Waals surface area contributed by atoms with Crippen molar-refractivity contribution < 1.29 is 4.79 Å². The smallest absolute Gasteiger partial charge is 0.267 e. The van der Waals surface area contributed by atoms with Gasteiger partial charge in [-0.15, -0.1) is 0 Å². The maximum Gasteiger partial charge on any atom is 0.271 e. The molecule has 0 aliphatic carbocycles. The van der Waals surface area contributed by atoms with Gasteiger partial charge in [0.05, 0.1) is 5.71 Å². The van der Waals surface area contributed by atoms with Gasteiger partial charge in [0.15, 0.2) is 0 Å². The van der Waals surface area contributed by atoms with E-state index in [0.717, 1.165) is 22.2 Å². The molecule has 102 valence electrons. The molecule has 0 heterocycles. The topological polar surface area (TPSA) is 41.5 Å². The standard InChI is InChI=1S/C16H15BrN2O/c1-2-15(12-8-10-14(17)11-9-12)18-19-16(20)13-6-4-3-5-7-13/h3-11H,2H2,1H3,(H,19,20)/b18-15+. The maximum absolute atomic E-state index is 11.9. The first-order valence-electron chi connectivity index (χ1n) is 6.38. The maximum atomic E-state index is 11.9. The van der Waals surface area contributed by atoms with Crippen molar-refractivity contribution in [2.24, 2.45) is 5.10 Å². The summed E-state index contributed by atoms with van der Waals surface area (Å²) in [5, 5.41) is 4.22. The lowest BCUT2D eigenvalue weighted by Crippen LogP contribution is -2.19. The molecule has 0 aliphatic heterocycles. The number of hydrogen-bond acceptors (Lipinski definition) is 2. The Bertz CT molecular complexity index is 606. The first-order chi connectivity index (χ1) is 9.70. The largest absolute Gasteiger partial charge is 0.271 e. The first-order valence-corrected chi connectivity index (χ1v) is 7.18. The Morgan fingerprint density at radius 3 is 2.30 bits per heavy atom. The van der Waals surface area contributed by atoms with E-state index in [2.05, 4.69) is 26.5 Å². The molecule has 3 nitrogen and oxygen atoms in total. The third-order valence-corrected chi connectivity index (χ3v) is 3.37. The molecule has 4 heteroatoms. The Balaban J connectivity index is 2.12. The minimum Gasteiger partial charge on any atom is -0.267 e. The van der Waals surface area contributed by atoms with Crippen molar-refractivity contribution in [2.45, 2.75) is 13.3 Å². The van der Waals surface area contributed by atoms with E-state index in [4.69, 9.17) is 0 Å². The Morgan fingerprint density at radius 2 is 1.70 bits per heavy atom. The number of halogens is 1. The molecule has 0 saturated carbocycles. The van der Waals surface area contributed by atoms with E-state index in [1.165, 1.54) is 0 Å². The number of carbonyl (C=O) groups excluding carboxylic acids is 1. The second-order valence-electron chi connectivity index (χ2n) is 4.23. The Hall–Kier alpha value is -1.94. The number of nitrogens with one attached hydrogen (secondary N) is 1. The number of carbonyl (C=O) groups is 1. The van der Waals surface area contributed by atoms with Crippen molar-refractivity contribution in [1.29, 1.82) is 0 Å². The lowest BCUT2D eigenvalue weighted by Gasteiger charge is -2.05. The second kappa shape index (κ2) is 7.01. The number of benzene rings is 2. The predicted octanol–water partition coefficient (Wildman–Crippen LogP) is 3.99. The highest BCUT2D eigenvalue weighted by molar-refractivity contribution is 9.10. The molecule has 0 unspecified atom stereocenters. The Morgan fingerprint density at radius 1 is 1.05 bits per heavy atom.